The average Bonchev–Trinajstić information content (AvgIpc) is 3.29. The second-order valence-corrected chi connectivity index (χ2v) is 5.92. The Hall–Kier alpha value is -2.99. The zero-order chi connectivity index (χ0) is 16.4. The second-order valence-electron chi connectivity index (χ2n) is 5.06. The lowest BCUT2D eigenvalue weighted by Gasteiger charge is -1.98. The van der Waals surface area contributed by atoms with E-state index in [0.717, 1.165) is 16.4 Å². The van der Waals surface area contributed by atoms with E-state index in [2.05, 4.69) is 9.97 Å². The number of pyridine rings is 1. The Morgan fingerprint density at radius 3 is 2.96 bits per heavy atom. The van der Waals surface area contributed by atoms with Crippen molar-refractivity contribution in [1.29, 1.82) is 0 Å². The van der Waals surface area contributed by atoms with Crippen molar-refractivity contribution in [2.45, 2.75) is 0 Å². The fourth-order valence-corrected chi connectivity index (χ4v) is 3.04. The van der Waals surface area contributed by atoms with Crippen molar-refractivity contribution in [1.82, 2.24) is 9.97 Å². The number of rotatable bonds is 4. The molecule has 0 aliphatic carbocycles. The maximum absolute atomic E-state index is 12.3. The first kappa shape index (κ1) is 14.6. The van der Waals surface area contributed by atoms with Crippen molar-refractivity contribution < 1.29 is 14.3 Å². The van der Waals surface area contributed by atoms with Gasteiger partial charge in [-0.1, -0.05) is 6.07 Å². The zero-order valence-corrected chi connectivity index (χ0v) is 13.3. The van der Waals surface area contributed by atoms with Gasteiger partial charge in [0.05, 0.1) is 11.4 Å². The SMILES string of the molecule is O=C(/C=C\c1csc(-c2ccccn2)n1)c1ccc2c(c1)OCO2. The van der Waals surface area contributed by atoms with Crippen LogP contribution in [-0.2, 0) is 0 Å². The molecule has 1 aromatic carbocycles. The molecule has 0 N–H and O–H groups in total. The molecule has 0 amide bonds. The number of ether oxygens (including phenoxy) is 2. The van der Waals surface area contributed by atoms with Crippen LogP contribution in [-0.4, -0.2) is 22.5 Å². The van der Waals surface area contributed by atoms with Crippen molar-refractivity contribution in [3.05, 3.63) is 65.3 Å². The molecule has 2 aromatic heterocycles. The number of benzene rings is 1. The van der Waals surface area contributed by atoms with Gasteiger partial charge < -0.3 is 9.47 Å². The van der Waals surface area contributed by atoms with E-state index in [1.807, 2.05) is 23.6 Å². The van der Waals surface area contributed by atoms with Gasteiger partial charge in [0.25, 0.3) is 0 Å². The van der Waals surface area contributed by atoms with Crippen LogP contribution >= 0.6 is 11.3 Å². The van der Waals surface area contributed by atoms with Gasteiger partial charge in [-0.3, -0.25) is 9.78 Å². The topological polar surface area (TPSA) is 61.3 Å². The molecule has 0 saturated heterocycles. The van der Waals surface area contributed by atoms with Crippen molar-refractivity contribution in [2.75, 3.05) is 6.79 Å². The Morgan fingerprint density at radius 1 is 1.17 bits per heavy atom. The number of carbonyl (C=O) groups excluding carboxylic acids is 1. The summed E-state index contributed by atoms with van der Waals surface area (Å²) in [4.78, 5) is 21.0. The summed E-state index contributed by atoms with van der Waals surface area (Å²) in [6, 6.07) is 10.8. The summed E-state index contributed by atoms with van der Waals surface area (Å²) in [5.74, 6) is 1.15. The van der Waals surface area contributed by atoms with Gasteiger partial charge in [0, 0.05) is 17.1 Å². The van der Waals surface area contributed by atoms with E-state index in [0.29, 0.717) is 17.1 Å². The predicted octanol–water partition coefficient (Wildman–Crippen LogP) is 3.83. The first-order valence-corrected chi connectivity index (χ1v) is 8.16. The lowest BCUT2D eigenvalue weighted by Crippen LogP contribution is -1.94. The van der Waals surface area contributed by atoms with Crippen molar-refractivity contribution in [3.63, 3.8) is 0 Å². The van der Waals surface area contributed by atoms with Gasteiger partial charge in [-0.05, 0) is 42.5 Å². The number of aromatic nitrogens is 2. The Bertz CT molecular complexity index is 919. The third-order valence-corrected chi connectivity index (χ3v) is 4.35. The first-order valence-electron chi connectivity index (χ1n) is 7.28. The molecular formula is C18H12N2O3S. The molecule has 4 rings (SSSR count). The van der Waals surface area contributed by atoms with E-state index in [1.165, 1.54) is 17.4 Å². The van der Waals surface area contributed by atoms with Crippen LogP contribution < -0.4 is 9.47 Å². The van der Waals surface area contributed by atoms with Crippen molar-refractivity contribution in [3.8, 4) is 22.2 Å². The third-order valence-electron chi connectivity index (χ3n) is 3.47. The van der Waals surface area contributed by atoms with E-state index < -0.39 is 0 Å². The van der Waals surface area contributed by atoms with Gasteiger partial charge >= 0.3 is 0 Å². The largest absolute Gasteiger partial charge is 0.454 e. The Balaban J connectivity index is 1.51. The molecular weight excluding hydrogens is 324 g/mol. The lowest BCUT2D eigenvalue weighted by molar-refractivity contribution is 0.104. The highest BCUT2D eigenvalue weighted by Gasteiger charge is 2.15. The van der Waals surface area contributed by atoms with Crippen LogP contribution in [0.5, 0.6) is 11.5 Å². The van der Waals surface area contributed by atoms with E-state index in [4.69, 9.17) is 9.47 Å². The molecule has 6 heteroatoms. The first-order chi connectivity index (χ1) is 11.8. The standard InChI is InChI=1S/C18H12N2O3S/c21-15(12-4-7-16-17(9-12)23-11-22-16)6-5-13-10-24-18(20-13)14-3-1-2-8-19-14/h1-10H,11H2/b6-5-. The number of allylic oxidation sites excluding steroid dienone is 1. The van der Waals surface area contributed by atoms with Crippen LogP contribution in [0.15, 0.2) is 54.1 Å². The number of nitrogens with zero attached hydrogens (tertiary/aromatic N) is 2. The number of carbonyl (C=O) groups is 1. The average molecular weight is 336 g/mol. The van der Waals surface area contributed by atoms with Gasteiger partial charge in [-0.2, -0.15) is 0 Å². The zero-order valence-electron chi connectivity index (χ0n) is 12.5. The van der Waals surface area contributed by atoms with Crippen LogP contribution in [0.4, 0.5) is 0 Å². The maximum Gasteiger partial charge on any atom is 0.231 e. The Morgan fingerprint density at radius 2 is 2.08 bits per heavy atom. The molecule has 0 bridgehead atoms. The molecule has 0 saturated carbocycles. The summed E-state index contributed by atoms with van der Waals surface area (Å²) in [6.07, 6.45) is 4.94. The molecule has 0 spiro atoms. The van der Waals surface area contributed by atoms with Gasteiger partial charge in [-0.15, -0.1) is 11.3 Å². The highest BCUT2D eigenvalue weighted by molar-refractivity contribution is 7.13. The molecule has 24 heavy (non-hydrogen) atoms. The van der Waals surface area contributed by atoms with Gasteiger partial charge in [0.15, 0.2) is 17.3 Å². The number of hydrogen-bond donors (Lipinski definition) is 0. The minimum Gasteiger partial charge on any atom is -0.454 e. The molecule has 0 radical (unpaired) electrons. The second kappa shape index (κ2) is 6.25. The van der Waals surface area contributed by atoms with Crippen LogP contribution in [0.3, 0.4) is 0 Å². The highest BCUT2D eigenvalue weighted by Crippen LogP contribution is 2.32. The van der Waals surface area contributed by atoms with Gasteiger partial charge in [0.1, 0.15) is 5.01 Å². The number of ketones is 1. The summed E-state index contributed by atoms with van der Waals surface area (Å²) in [5.41, 5.74) is 2.11. The molecule has 3 aromatic rings. The normalized spacial score (nSPS) is 12.7. The number of thiazole rings is 1. The van der Waals surface area contributed by atoms with Crippen LogP contribution in [0, 0.1) is 0 Å². The summed E-state index contributed by atoms with van der Waals surface area (Å²) in [5, 5.41) is 2.72. The van der Waals surface area contributed by atoms with Crippen molar-refractivity contribution in [2.24, 2.45) is 0 Å². The monoisotopic (exact) mass is 336 g/mol. The fraction of sp³-hybridized carbons (Fsp3) is 0.0556. The molecule has 3 heterocycles. The molecule has 0 fully saturated rings. The predicted molar refractivity (Wildman–Crippen MR) is 91.3 cm³/mol. The van der Waals surface area contributed by atoms with Gasteiger partial charge in [0.2, 0.25) is 6.79 Å². The minimum absolute atomic E-state index is 0.110. The smallest absolute Gasteiger partial charge is 0.231 e. The molecule has 0 unspecified atom stereocenters. The van der Waals surface area contributed by atoms with Crippen LogP contribution in [0.25, 0.3) is 16.8 Å². The van der Waals surface area contributed by atoms with Crippen molar-refractivity contribution >= 4 is 23.2 Å². The summed E-state index contributed by atoms with van der Waals surface area (Å²) >= 11 is 1.49. The molecule has 118 valence electrons. The number of hydrogen-bond acceptors (Lipinski definition) is 6. The number of fused-ring (bicyclic) bond motifs is 1. The van der Waals surface area contributed by atoms with E-state index >= 15 is 0 Å². The highest BCUT2D eigenvalue weighted by atomic mass is 32.1. The van der Waals surface area contributed by atoms with E-state index in [9.17, 15) is 4.79 Å². The Labute approximate surface area is 142 Å². The lowest BCUT2D eigenvalue weighted by atomic mass is 10.1. The van der Waals surface area contributed by atoms with Crippen LogP contribution in [0.1, 0.15) is 16.1 Å². The summed E-state index contributed by atoms with van der Waals surface area (Å²) in [7, 11) is 0. The molecule has 5 nitrogen and oxygen atoms in total. The fourth-order valence-electron chi connectivity index (χ4n) is 2.28. The van der Waals surface area contributed by atoms with Gasteiger partial charge in [-0.25, -0.2) is 4.98 Å². The molecule has 1 aliphatic rings. The van der Waals surface area contributed by atoms with Crippen LogP contribution in [0.2, 0.25) is 0 Å². The van der Waals surface area contributed by atoms with E-state index in [1.54, 1.807) is 30.5 Å². The maximum atomic E-state index is 12.3. The minimum atomic E-state index is -0.110. The quantitative estimate of drug-likeness (QED) is 0.535. The third kappa shape index (κ3) is 2.91. The van der Waals surface area contributed by atoms with E-state index in [-0.39, 0.29) is 12.6 Å². The molecule has 1 aliphatic heterocycles. The summed E-state index contributed by atoms with van der Waals surface area (Å²) < 4.78 is 10.5. The molecule has 0 atom stereocenters. The Kier molecular flexibility index (Phi) is 3.80. The summed E-state index contributed by atoms with van der Waals surface area (Å²) in [6.45, 7) is 0.192.